The molecule has 5 heteroatoms. The minimum atomic E-state index is -0.548. The molecule has 1 amide bonds. The number of rotatable bonds is 1. The van der Waals surface area contributed by atoms with Crippen molar-refractivity contribution in [1.82, 2.24) is 9.97 Å². The monoisotopic (exact) mass is 167 g/mol. The molecule has 12 heavy (non-hydrogen) atoms. The van der Waals surface area contributed by atoms with Crippen LogP contribution in [0.15, 0.2) is 12.4 Å². The Hall–Kier alpha value is -1.65. The molecule has 0 aromatic carbocycles. The summed E-state index contributed by atoms with van der Waals surface area (Å²) < 4.78 is 4.37. The zero-order valence-electron chi connectivity index (χ0n) is 6.87. The molecule has 0 atom stereocenters. The van der Waals surface area contributed by atoms with Gasteiger partial charge in [0.2, 0.25) is 0 Å². The van der Waals surface area contributed by atoms with Crippen molar-refractivity contribution in [2.45, 2.75) is 6.92 Å². The summed E-state index contributed by atoms with van der Waals surface area (Å²) in [6.45, 7) is 1.81. The Morgan fingerprint density at radius 2 is 2.25 bits per heavy atom. The van der Waals surface area contributed by atoms with Crippen LogP contribution >= 0.6 is 0 Å². The van der Waals surface area contributed by atoms with Crippen LogP contribution in [0.1, 0.15) is 5.69 Å². The topological polar surface area (TPSA) is 64.1 Å². The summed E-state index contributed by atoms with van der Waals surface area (Å²) in [5.74, 6) is 0.382. The number of anilines is 1. The van der Waals surface area contributed by atoms with Crippen molar-refractivity contribution in [3.63, 3.8) is 0 Å². The Balaban J connectivity index is 2.64. The van der Waals surface area contributed by atoms with E-state index in [0.29, 0.717) is 5.82 Å². The first-order chi connectivity index (χ1) is 5.72. The zero-order chi connectivity index (χ0) is 8.97. The fourth-order valence-corrected chi connectivity index (χ4v) is 0.613. The van der Waals surface area contributed by atoms with Crippen LogP contribution < -0.4 is 5.32 Å². The summed E-state index contributed by atoms with van der Waals surface area (Å²) in [6, 6.07) is 0. The SMILES string of the molecule is COC(=O)Nc1cnc(C)cn1. The van der Waals surface area contributed by atoms with Crippen LogP contribution in [0.4, 0.5) is 10.6 Å². The average Bonchev–Trinajstić information content (AvgIpc) is 2.09. The smallest absolute Gasteiger partial charge is 0.412 e. The number of ether oxygens (including phenoxy) is 1. The standard InChI is InChI=1S/C7H9N3O2/c1-5-3-9-6(4-8-5)10-7(11)12-2/h3-4H,1-2H3,(H,9,10,11). The van der Waals surface area contributed by atoms with Gasteiger partial charge in [-0.1, -0.05) is 0 Å². The van der Waals surface area contributed by atoms with Crippen LogP contribution in [0.3, 0.4) is 0 Å². The molecule has 0 unspecified atom stereocenters. The maximum absolute atomic E-state index is 10.7. The lowest BCUT2D eigenvalue weighted by Crippen LogP contribution is -2.12. The number of hydrogen-bond donors (Lipinski definition) is 1. The van der Waals surface area contributed by atoms with Crippen molar-refractivity contribution >= 4 is 11.9 Å². The lowest BCUT2D eigenvalue weighted by Gasteiger charge is -2.00. The van der Waals surface area contributed by atoms with Crippen LogP contribution in [0.5, 0.6) is 0 Å². The molecular formula is C7H9N3O2. The minimum absolute atomic E-state index is 0.382. The Morgan fingerprint density at radius 1 is 1.50 bits per heavy atom. The molecule has 1 aromatic heterocycles. The van der Waals surface area contributed by atoms with Crippen molar-refractivity contribution in [2.75, 3.05) is 12.4 Å². The highest BCUT2D eigenvalue weighted by molar-refractivity contribution is 5.82. The molecule has 0 saturated heterocycles. The Kier molecular flexibility index (Phi) is 2.57. The number of methoxy groups -OCH3 is 1. The first-order valence-corrected chi connectivity index (χ1v) is 3.36. The van der Waals surface area contributed by atoms with Gasteiger partial charge in [0.1, 0.15) is 0 Å². The highest BCUT2D eigenvalue weighted by atomic mass is 16.5. The molecule has 1 heterocycles. The molecule has 0 saturated carbocycles. The molecule has 0 aliphatic rings. The van der Waals surface area contributed by atoms with E-state index in [1.807, 2.05) is 6.92 Å². The zero-order valence-corrected chi connectivity index (χ0v) is 6.87. The Labute approximate surface area is 69.8 Å². The molecule has 5 nitrogen and oxygen atoms in total. The molecule has 0 spiro atoms. The second-order valence-corrected chi connectivity index (χ2v) is 2.16. The number of amides is 1. The molecule has 1 N–H and O–H groups in total. The van der Waals surface area contributed by atoms with E-state index >= 15 is 0 Å². The predicted octanol–water partition coefficient (Wildman–Crippen LogP) is 0.963. The number of nitrogens with one attached hydrogen (secondary N) is 1. The maximum atomic E-state index is 10.7. The predicted molar refractivity (Wildman–Crippen MR) is 42.8 cm³/mol. The van der Waals surface area contributed by atoms with Gasteiger partial charge in [0.15, 0.2) is 5.82 Å². The number of carbonyl (C=O) groups is 1. The van der Waals surface area contributed by atoms with Crippen LogP contribution in [0.2, 0.25) is 0 Å². The van der Waals surface area contributed by atoms with Gasteiger partial charge in [0.25, 0.3) is 0 Å². The fourth-order valence-electron chi connectivity index (χ4n) is 0.613. The van der Waals surface area contributed by atoms with E-state index < -0.39 is 6.09 Å². The van der Waals surface area contributed by atoms with E-state index in [4.69, 9.17) is 0 Å². The van der Waals surface area contributed by atoms with Crippen molar-refractivity contribution in [3.05, 3.63) is 18.1 Å². The Morgan fingerprint density at radius 3 is 2.75 bits per heavy atom. The van der Waals surface area contributed by atoms with Crippen molar-refractivity contribution < 1.29 is 9.53 Å². The first-order valence-electron chi connectivity index (χ1n) is 3.36. The number of nitrogens with zero attached hydrogens (tertiary/aromatic N) is 2. The second kappa shape index (κ2) is 3.66. The lowest BCUT2D eigenvalue weighted by atomic mass is 10.5. The molecule has 64 valence electrons. The number of hydrogen-bond acceptors (Lipinski definition) is 4. The van der Waals surface area contributed by atoms with Crippen molar-refractivity contribution in [1.29, 1.82) is 0 Å². The average molecular weight is 167 g/mol. The van der Waals surface area contributed by atoms with Gasteiger partial charge in [-0.25, -0.2) is 9.78 Å². The molecule has 0 fully saturated rings. The summed E-state index contributed by atoms with van der Waals surface area (Å²) in [7, 11) is 1.29. The molecule has 1 rings (SSSR count). The summed E-state index contributed by atoms with van der Waals surface area (Å²) in [6.07, 6.45) is 2.48. The van der Waals surface area contributed by atoms with E-state index in [1.165, 1.54) is 13.3 Å². The third kappa shape index (κ3) is 2.19. The van der Waals surface area contributed by atoms with Gasteiger partial charge in [0, 0.05) is 0 Å². The fraction of sp³-hybridized carbons (Fsp3) is 0.286. The molecule has 0 bridgehead atoms. The summed E-state index contributed by atoms with van der Waals surface area (Å²) >= 11 is 0. The van der Waals surface area contributed by atoms with Crippen LogP contribution in [-0.2, 0) is 4.74 Å². The molecular weight excluding hydrogens is 158 g/mol. The van der Waals surface area contributed by atoms with E-state index in [-0.39, 0.29) is 0 Å². The van der Waals surface area contributed by atoms with E-state index in [9.17, 15) is 4.79 Å². The highest BCUT2D eigenvalue weighted by Crippen LogP contribution is 1.99. The summed E-state index contributed by atoms with van der Waals surface area (Å²) in [5, 5.41) is 2.38. The van der Waals surface area contributed by atoms with Gasteiger partial charge in [-0.15, -0.1) is 0 Å². The highest BCUT2D eigenvalue weighted by Gasteiger charge is 2.00. The van der Waals surface area contributed by atoms with Crippen molar-refractivity contribution in [2.24, 2.45) is 0 Å². The second-order valence-electron chi connectivity index (χ2n) is 2.16. The molecule has 0 radical (unpaired) electrons. The van der Waals surface area contributed by atoms with Crippen molar-refractivity contribution in [3.8, 4) is 0 Å². The molecule has 0 aliphatic heterocycles. The lowest BCUT2D eigenvalue weighted by molar-refractivity contribution is 0.187. The summed E-state index contributed by atoms with van der Waals surface area (Å²) in [5.41, 5.74) is 0.797. The first kappa shape index (κ1) is 8.45. The number of aryl methyl sites for hydroxylation is 1. The molecule has 0 aliphatic carbocycles. The van der Waals surface area contributed by atoms with Crippen LogP contribution in [-0.4, -0.2) is 23.2 Å². The third-order valence-electron chi connectivity index (χ3n) is 1.20. The number of aromatic nitrogens is 2. The van der Waals surface area contributed by atoms with Gasteiger partial charge in [-0.2, -0.15) is 0 Å². The van der Waals surface area contributed by atoms with E-state index in [0.717, 1.165) is 5.69 Å². The number of carbonyl (C=O) groups excluding carboxylic acids is 1. The normalized spacial score (nSPS) is 9.17. The summed E-state index contributed by atoms with van der Waals surface area (Å²) in [4.78, 5) is 18.5. The van der Waals surface area contributed by atoms with Gasteiger partial charge in [0.05, 0.1) is 25.2 Å². The van der Waals surface area contributed by atoms with E-state index in [2.05, 4.69) is 20.0 Å². The Bertz CT molecular complexity index is 270. The van der Waals surface area contributed by atoms with Crippen LogP contribution in [0.25, 0.3) is 0 Å². The van der Waals surface area contributed by atoms with Gasteiger partial charge >= 0.3 is 6.09 Å². The third-order valence-corrected chi connectivity index (χ3v) is 1.20. The van der Waals surface area contributed by atoms with Gasteiger partial charge in [-0.05, 0) is 6.92 Å². The largest absolute Gasteiger partial charge is 0.453 e. The minimum Gasteiger partial charge on any atom is -0.453 e. The molecule has 1 aromatic rings. The maximum Gasteiger partial charge on any atom is 0.412 e. The van der Waals surface area contributed by atoms with Gasteiger partial charge < -0.3 is 4.74 Å². The van der Waals surface area contributed by atoms with E-state index in [1.54, 1.807) is 6.20 Å². The van der Waals surface area contributed by atoms with Crippen LogP contribution in [0, 0.1) is 6.92 Å². The quantitative estimate of drug-likeness (QED) is 0.676. The van der Waals surface area contributed by atoms with Gasteiger partial charge in [-0.3, -0.25) is 10.3 Å².